The molecule has 1 atom stereocenters. The highest BCUT2D eigenvalue weighted by Crippen LogP contribution is 2.56. The number of amides is 1. The molecule has 5 nitrogen and oxygen atoms in total. The van der Waals surface area contributed by atoms with Crippen LogP contribution in [0.3, 0.4) is 0 Å². The summed E-state index contributed by atoms with van der Waals surface area (Å²) < 4.78 is 10.8. The zero-order valence-electron chi connectivity index (χ0n) is 15.9. The van der Waals surface area contributed by atoms with E-state index in [4.69, 9.17) is 9.47 Å². The van der Waals surface area contributed by atoms with Crippen molar-refractivity contribution < 1.29 is 14.3 Å². The SMILES string of the molecule is COc1ccc(C(=O)N(Cc2ccsc2)C2CC23CCNCC3)c(OC)c1. The Kier molecular flexibility index (Phi) is 5.10. The molecule has 144 valence electrons. The van der Waals surface area contributed by atoms with Crippen LogP contribution in [0, 0.1) is 5.41 Å². The minimum Gasteiger partial charge on any atom is -0.497 e. The molecule has 1 amide bonds. The summed E-state index contributed by atoms with van der Waals surface area (Å²) in [6, 6.07) is 7.83. The first kappa shape index (κ1) is 18.3. The molecule has 2 fully saturated rings. The van der Waals surface area contributed by atoms with E-state index >= 15 is 0 Å². The van der Waals surface area contributed by atoms with Gasteiger partial charge in [-0.05, 0) is 72.3 Å². The quantitative estimate of drug-likeness (QED) is 0.825. The van der Waals surface area contributed by atoms with Crippen molar-refractivity contribution in [2.75, 3.05) is 27.3 Å². The Morgan fingerprint density at radius 3 is 2.74 bits per heavy atom. The number of methoxy groups -OCH3 is 2. The molecule has 1 saturated carbocycles. The third kappa shape index (κ3) is 3.56. The number of piperidine rings is 1. The number of rotatable bonds is 6. The summed E-state index contributed by atoms with van der Waals surface area (Å²) >= 11 is 1.67. The van der Waals surface area contributed by atoms with Gasteiger partial charge in [0.1, 0.15) is 11.5 Å². The average molecular weight is 387 g/mol. The van der Waals surface area contributed by atoms with Crippen LogP contribution >= 0.6 is 11.3 Å². The molecule has 1 aliphatic heterocycles. The van der Waals surface area contributed by atoms with Gasteiger partial charge in [0.2, 0.25) is 0 Å². The lowest BCUT2D eigenvalue weighted by Crippen LogP contribution is -2.39. The van der Waals surface area contributed by atoms with Crippen molar-refractivity contribution in [3.8, 4) is 11.5 Å². The molecule has 1 N–H and O–H groups in total. The van der Waals surface area contributed by atoms with Crippen molar-refractivity contribution in [2.24, 2.45) is 5.41 Å². The van der Waals surface area contributed by atoms with Crippen molar-refractivity contribution in [1.29, 1.82) is 0 Å². The maximum absolute atomic E-state index is 13.6. The summed E-state index contributed by atoms with van der Waals surface area (Å²) in [6.07, 6.45) is 3.39. The second kappa shape index (κ2) is 7.52. The molecule has 1 aromatic carbocycles. The largest absolute Gasteiger partial charge is 0.497 e. The molecule has 1 spiro atoms. The van der Waals surface area contributed by atoms with Gasteiger partial charge in [-0.15, -0.1) is 0 Å². The van der Waals surface area contributed by atoms with Crippen molar-refractivity contribution in [1.82, 2.24) is 10.2 Å². The maximum Gasteiger partial charge on any atom is 0.258 e. The first-order valence-corrected chi connectivity index (χ1v) is 10.4. The molecule has 2 heterocycles. The Balaban J connectivity index is 1.63. The molecule has 27 heavy (non-hydrogen) atoms. The average Bonchev–Trinajstić information content (AvgIpc) is 3.14. The third-order valence-corrected chi connectivity index (χ3v) is 6.69. The monoisotopic (exact) mass is 386 g/mol. The summed E-state index contributed by atoms with van der Waals surface area (Å²) in [7, 11) is 3.21. The van der Waals surface area contributed by atoms with Gasteiger partial charge in [-0.3, -0.25) is 4.79 Å². The molecule has 0 radical (unpaired) electrons. The first-order valence-electron chi connectivity index (χ1n) is 9.42. The topological polar surface area (TPSA) is 50.8 Å². The minimum absolute atomic E-state index is 0.0427. The van der Waals surface area contributed by atoms with Crippen molar-refractivity contribution >= 4 is 17.2 Å². The fraction of sp³-hybridized carbons (Fsp3) is 0.476. The lowest BCUT2D eigenvalue weighted by atomic mass is 9.93. The zero-order valence-corrected chi connectivity index (χ0v) is 16.7. The van der Waals surface area contributed by atoms with Gasteiger partial charge in [-0.2, -0.15) is 11.3 Å². The Morgan fingerprint density at radius 2 is 2.07 bits per heavy atom. The Hall–Kier alpha value is -2.05. The van der Waals surface area contributed by atoms with E-state index in [1.807, 2.05) is 12.1 Å². The zero-order chi connectivity index (χ0) is 18.9. The summed E-state index contributed by atoms with van der Waals surface area (Å²) in [5.41, 5.74) is 2.08. The fourth-order valence-electron chi connectivity index (χ4n) is 4.26. The molecular weight excluding hydrogens is 360 g/mol. The number of thiophene rings is 1. The van der Waals surface area contributed by atoms with Crippen LogP contribution in [0.2, 0.25) is 0 Å². The van der Waals surface area contributed by atoms with E-state index in [9.17, 15) is 4.79 Å². The van der Waals surface area contributed by atoms with Gasteiger partial charge in [0.25, 0.3) is 5.91 Å². The van der Waals surface area contributed by atoms with Crippen LogP contribution in [0.25, 0.3) is 0 Å². The van der Waals surface area contributed by atoms with Crippen molar-refractivity contribution in [3.05, 3.63) is 46.2 Å². The van der Waals surface area contributed by atoms with Gasteiger partial charge < -0.3 is 19.7 Å². The Bertz CT molecular complexity index is 800. The number of nitrogens with one attached hydrogen (secondary N) is 1. The number of ether oxygens (including phenoxy) is 2. The van der Waals surface area contributed by atoms with Gasteiger partial charge in [0, 0.05) is 18.7 Å². The Labute approximate surface area is 164 Å². The summed E-state index contributed by atoms with van der Waals surface area (Å²) in [5.74, 6) is 1.30. The molecule has 0 bridgehead atoms. The fourth-order valence-corrected chi connectivity index (χ4v) is 4.92. The van der Waals surface area contributed by atoms with Crippen LogP contribution in [0.4, 0.5) is 0 Å². The predicted molar refractivity (Wildman–Crippen MR) is 107 cm³/mol. The van der Waals surface area contributed by atoms with E-state index < -0.39 is 0 Å². The number of nitrogens with zero attached hydrogens (tertiary/aromatic N) is 1. The highest BCUT2D eigenvalue weighted by atomic mass is 32.1. The third-order valence-electron chi connectivity index (χ3n) is 5.96. The van der Waals surface area contributed by atoms with Gasteiger partial charge >= 0.3 is 0 Å². The highest BCUT2D eigenvalue weighted by Gasteiger charge is 2.57. The van der Waals surface area contributed by atoms with E-state index in [1.165, 1.54) is 5.56 Å². The molecule has 1 aromatic heterocycles. The van der Waals surface area contributed by atoms with Crippen molar-refractivity contribution in [3.63, 3.8) is 0 Å². The van der Waals surface area contributed by atoms with Crippen LogP contribution < -0.4 is 14.8 Å². The number of carbonyl (C=O) groups excluding carboxylic acids is 1. The molecule has 1 unspecified atom stereocenters. The molecule has 1 aliphatic carbocycles. The predicted octanol–water partition coefficient (Wildman–Crippen LogP) is 3.55. The minimum atomic E-state index is 0.0427. The summed E-state index contributed by atoms with van der Waals surface area (Å²) in [5, 5.41) is 7.64. The number of benzene rings is 1. The highest BCUT2D eigenvalue weighted by molar-refractivity contribution is 7.07. The van der Waals surface area contributed by atoms with E-state index in [-0.39, 0.29) is 11.3 Å². The molecule has 2 aliphatic rings. The van der Waals surface area contributed by atoms with Crippen LogP contribution in [-0.2, 0) is 6.54 Å². The smallest absolute Gasteiger partial charge is 0.258 e. The van der Waals surface area contributed by atoms with E-state index in [1.54, 1.807) is 31.6 Å². The lowest BCUT2D eigenvalue weighted by molar-refractivity contribution is 0.0689. The van der Waals surface area contributed by atoms with Gasteiger partial charge in [-0.25, -0.2) is 0 Å². The maximum atomic E-state index is 13.6. The summed E-state index contributed by atoms with van der Waals surface area (Å²) in [6.45, 7) is 2.74. The van der Waals surface area contributed by atoms with Crippen LogP contribution in [-0.4, -0.2) is 44.2 Å². The molecular formula is C21H26N2O3S. The molecule has 2 aromatic rings. The van der Waals surface area contributed by atoms with Crippen LogP contribution in [0.15, 0.2) is 35.0 Å². The van der Waals surface area contributed by atoms with Crippen LogP contribution in [0.1, 0.15) is 35.2 Å². The second-order valence-electron chi connectivity index (χ2n) is 7.46. The summed E-state index contributed by atoms with van der Waals surface area (Å²) in [4.78, 5) is 15.6. The second-order valence-corrected chi connectivity index (χ2v) is 8.24. The lowest BCUT2D eigenvalue weighted by Gasteiger charge is -2.30. The normalized spacial score (nSPS) is 20.3. The van der Waals surface area contributed by atoms with Gasteiger partial charge in [-0.1, -0.05) is 0 Å². The van der Waals surface area contributed by atoms with Crippen LogP contribution in [0.5, 0.6) is 11.5 Å². The van der Waals surface area contributed by atoms with Gasteiger partial charge in [0.15, 0.2) is 0 Å². The van der Waals surface area contributed by atoms with E-state index in [0.717, 1.165) is 32.4 Å². The Morgan fingerprint density at radius 1 is 1.26 bits per heavy atom. The first-order chi connectivity index (χ1) is 13.2. The number of carbonyl (C=O) groups is 1. The standard InChI is InChI=1S/C21H26N2O3S/c1-25-16-3-4-17(18(11-16)26-2)20(24)23(13-15-5-10-27-14-15)19-12-21(19)6-8-22-9-7-21/h3-5,10-11,14,19,22H,6-9,12-13H2,1-2H3. The molecule has 1 saturated heterocycles. The molecule has 4 rings (SSSR count). The molecule has 6 heteroatoms. The van der Waals surface area contributed by atoms with Gasteiger partial charge in [0.05, 0.1) is 19.8 Å². The van der Waals surface area contributed by atoms with E-state index in [2.05, 4.69) is 27.0 Å². The number of hydrogen-bond donors (Lipinski definition) is 1. The van der Waals surface area contributed by atoms with E-state index in [0.29, 0.717) is 29.6 Å². The number of hydrogen-bond acceptors (Lipinski definition) is 5. The van der Waals surface area contributed by atoms with Crippen molar-refractivity contribution in [2.45, 2.75) is 31.8 Å².